The molecule has 3 N–H and O–H groups in total. The zero-order chi connectivity index (χ0) is 13.4. The van der Waals surface area contributed by atoms with Gasteiger partial charge in [0.1, 0.15) is 5.75 Å². The molecule has 1 heterocycles. The molecular formula is C12H18N2O3S. The predicted octanol–water partition coefficient (Wildman–Crippen LogP) is 1.97. The van der Waals surface area contributed by atoms with Gasteiger partial charge in [0.15, 0.2) is 5.43 Å². The summed E-state index contributed by atoms with van der Waals surface area (Å²) in [4.78, 5) is 12.3. The monoisotopic (exact) mass is 270 g/mol. The van der Waals surface area contributed by atoms with Crippen molar-refractivity contribution in [2.45, 2.75) is 18.2 Å². The van der Waals surface area contributed by atoms with E-state index in [-0.39, 0.29) is 11.2 Å². The average Bonchev–Trinajstić information content (AvgIpc) is 2.41. The van der Waals surface area contributed by atoms with E-state index in [1.54, 1.807) is 14.0 Å². The summed E-state index contributed by atoms with van der Waals surface area (Å²) in [7, 11) is 1.65. The van der Waals surface area contributed by atoms with Gasteiger partial charge in [-0.2, -0.15) is 0 Å². The Hall–Kier alpha value is -1.40. The van der Waals surface area contributed by atoms with E-state index in [0.29, 0.717) is 17.2 Å². The highest BCUT2D eigenvalue weighted by molar-refractivity contribution is 7.99. The Labute approximate surface area is 110 Å². The first-order chi connectivity index (χ1) is 8.65. The van der Waals surface area contributed by atoms with Crippen LogP contribution in [0, 0.1) is 6.92 Å². The molecule has 5 nitrogen and oxygen atoms in total. The largest absolute Gasteiger partial charge is 0.506 e. The Morgan fingerprint density at radius 2 is 2.28 bits per heavy atom. The van der Waals surface area contributed by atoms with Gasteiger partial charge in [0, 0.05) is 31.7 Å². The summed E-state index contributed by atoms with van der Waals surface area (Å²) < 4.78 is 4.95. The van der Waals surface area contributed by atoms with Crippen molar-refractivity contribution in [3.8, 4) is 5.75 Å². The Morgan fingerprint density at radius 1 is 1.50 bits per heavy atom. The minimum absolute atomic E-state index is 0.0498. The number of ether oxygens (including phenoxy) is 1. The minimum atomic E-state index is -0.132. The molecule has 0 atom stereocenters. The summed E-state index contributed by atoms with van der Waals surface area (Å²) in [5, 5.41) is 15.2. The first-order valence-corrected chi connectivity index (χ1v) is 6.59. The molecule has 1 aromatic rings. The van der Waals surface area contributed by atoms with E-state index < -0.39 is 0 Å². The summed E-state index contributed by atoms with van der Waals surface area (Å²) in [6.45, 7) is 2.38. The Bertz CT molecular complexity index is 481. The number of thioether (sulfide) groups is 1. The van der Waals surface area contributed by atoms with Crippen molar-refractivity contribution in [3.05, 3.63) is 34.2 Å². The maximum Gasteiger partial charge on any atom is 0.193 e. The summed E-state index contributed by atoms with van der Waals surface area (Å²) in [6, 6.07) is 2.91. The molecule has 6 heteroatoms. The van der Waals surface area contributed by atoms with Crippen LogP contribution in [0.5, 0.6) is 5.75 Å². The molecule has 0 bridgehead atoms. The van der Waals surface area contributed by atoms with Crippen molar-refractivity contribution >= 4 is 11.8 Å². The quantitative estimate of drug-likeness (QED) is 0.564. The Balaban J connectivity index is 2.99. The number of rotatable bonds is 5. The van der Waals surface area contributed by atoms with E-state index >= 15 is 0 Å². The summed E-state index contributed by atoms with van der Waals surface area (Å²) >= 11 is 1.41. The van der Waals surface area contributed by atoms with Crippen molar-refractivity contribution in [2.24, 2.45) is 0 Å². The van der Waals surface area contributed by atoms with Crippen LogP contribution in [0.1, 0.15) is 12.1 Å². The van der Waals surface area contributed by atoms with Gasteiger partial charge < -0.3 is 20.0 Å². The third kappa shape index (κ3) is 4.85. The predicted molar refractivity (Wildman–Crippen MR) is 72.7 cm³/mol. The van der Waals surface area contributed by atoms with Crippen LogP contribution in [0.2, 0.25) is 0 Å². The number of aromatic hydroxyl groups is 1. The van der Waals surface area contributed by atoms with E-state index in [9.17, 15) is 9.90 Å². The highest BCUT2D eigenvalue weighted by Gasteiger charge is 2.00. The topological polar surface area (TPSA) is 78.1 Å². The van der Waals surface area contributed by atoms with Crippen LogP contribution >= 0.6 is 11.8 Å². The molecule has 0 spiro atoms. The molecule has 0 unspecified atom stereocenters. The van der Waals surface area contributed by atoms with Gasteiger partial charge in [-0.25, -0.2) is 0 Å². The molecule has 0 fully saturated rings. The zero-order valence-electron chi connectivity index (χ0n) is 10.5. The average molecular weight is 270 g/mol. The van der Waals surface area contributed by atoms with Crippen molar-refractivity contribution < 1.29 is 9.84 Å². The van der Waals surface area contributed by atoms with Crippen LogP contribution in [0.3, 0.4) is 0 Å². The van der Waals surface area contributed by atoms with E-state index in [4.69, 9.17) is 4.74 Å². The lowest BCUT2D eigenvalue weighted by molar-refractivity contribution is 0.200. The third-order valence-electron chi connectivity index (χ3n) is 2.22. The second-order valence-corrected chi connectivity index (χ2v) is 4.82. The lowest BCUT2D eigenvalue weighted by Crippen LogP contribution is -1.99. The molecule has 0 saturated heterocycles. The van der Waals surface area contributed by atoms with Gasteiger partial charge in [-0.05, 0) is 19.4 Å². The highest BCUT2D eigenvalue weighted by atomic mass is 32.2. The second kappa shape index (κ2) is 7.84. The minimum Gasteiger partial charge on any atom is -0.506 e. The van der Waals surface area contributed by atoms with Gasteiger partial charge in [-0.15, -0.1) is 11.8 Å². The Kier molecular flexibility index (Phi) is 6.38. The number of hydrogen-bond donors (Lipinski definition) is 3. The van der Waals surface area contributed by atoms with E-state index in [0.717, 1.165) is 12.2 Å². The molecule has 0 saturated carbocycles. The van der Waals surface area contributed by atoms with Crippen molar-refractivity contribution in [1.29, 1.82) is 0 Å². The summed E-state index contributed by atoms with van der Waals surface area (Å²) in [6.07, 6.45) is 2.36. The molecule has 0 aliphatic carbocycles. The molecule has 0 amide bonds. The van der Waals surface area contributed by atoms with Gasteiger partial charge in [0.25, 0.3) is 0 Å². The molecule has 18 heavy (non-hydrogen) atoms. The smallest absolute Gasteiger partial charge is 0.193 e. The fourth-order valence-corrected chi connectivity index (χ4v) is 2.10. The number of aryl methyl sites for hydroxylation is 1. The second-order valence-electron chi connectivity index (χ2n) is 3.68. The van der Waals surface area contributed by atoms with E-state index in [1.165, 1.54) is 30.1 Å². The SMILES string of the molecule is COCCCSc1cc(O)c(C)[nH][nH]ccc1=O. The van der Waals surface area contributed by atoms with E-state index in [2.05, 4.69) is 10.2 Å². The number of nitrogens with one attached hydrogen (secondary N) is 2. The van der Waals surface area contributed by atoms with Gasteiger partial charge in [-0.1, -0.05) is 0 Å². The maximum atomic E-state index is 11.8. The fourth-order valence-electron chi connectivity index (χ4n) is 1.22. The number of methoxy groups -OCH3 is 1. The zero-order valence-corrected chi connectivity index (χ0v) is 11.3. The number of H-pyrrole nitrogens is 2. The van der Waals surface area contributed by atoms with Gasteiger partial charge in [0.2, 0.25) is 0 Å². The number of aromatic nitrogens is 2. The van der Waals surface area contributed by atoms with Gasteiger partial charge >= 0.3 is 0 Å². The van der Waals surface area contributed by atoms with Crippen LogP contribution in [0.15, 0.2) is 28.0 Å². The van der Waals surface area contributed by atoms with Crippen molar-refractivity contribution in [1.82, 2.24) is 10.2 Å². The molecule has 0 aromatic carbocycles. The van der Waals surface area contributed by atoms with Crippen LogP contribution in [-0.4, -0.2) is 34.8 Å². The molecule has 1 rings (SSSR count). The van der Waals surface area contributed by atoms with Crippen LogP contribution in [0.4, 0.5) is 0 Å². The van der Waals surface area contributed by atoms with Gasteiger partial charge in [-0.3, -0.25) is 4.79 Å². The maximum absolute atomic E-state index is 11.8. The standard InChI is InChI=1S/C12H18N2O3S/c1-9-11(16)8-12(18-7-3-6-17-2)10(15)4-5-13-14-9/h4-5,8,13-14,16H,3,6-7H2,1-2H3. The molecule has 0 radical (unpaired) electrons. The van der Waals surface area contributed by atoms with Crippen LogP contribution < -0.4 is 5.43 Å². The normalized spacial score (nSPS) is 10.1. The number of aromatic amines is 2. The molecule has 0 aliphatic rings. The van der Waals surface area contributed by atoms with E-state index in [1.807, 2.05) is 0 Å². The lowest BCUT2D eigenvalue weighted by atomic mass is 10.4. The van der Waals surface area contributed by atoms with Crippen LogP contribution in [0.25, 0.3) is 0 Å². The fraction of sp³-hybridized carbons (Fsp3) is 0.417. The van der Waals surface area contributed by atoms with Gasteiger partial charge in [0.05, 0.1) is 10.6 Å². The van der Waals surface area contributed by atoms with Crippen molar-refractivity contribution in [3.63, 3.8) is 0 Å². The molecule has 100 valence electrons. The summed E-state index contributed by atoms with van der Waals surface area (Å²) in [5.41, 5.74) is 0.428. The summed E-state index contributed by atoms with van der Waals surface area (Å²) in [5.74, 6) is 0.820. The van der Waals surface area contributed by atoms with Crippen LogP contribution in [-0.2, 0) is 4.74 Å². The first-order valence-electron chi connectivity index (χ1n) is 5.61. The molecule has 1 aromatic heterocycles. The Morgan fingerprint density at radius 3 is 3.00 bits per heavy atom. The highest BCUT2D eigenvalue weighted by Crippen LogP contribution is 2.18. The van der Waals surface area contributed by atoms with Crippen molar-refractivity contribution in [2.75, 3.05) is 19.5 Å². The molecule has 0 aliphatic heterocycles. The molecular weight excluding hydrogens is 252 g/mol. The lowest BCUT2D eigenvalue weighted by Gasteiger charge is -1.99. The third-order valence-corrected chi connectivity index (χ3v) is 3.35. The number of hydrogen-bond acceptors (Lipinski definition) is 4. The first kappa shape index (κ1) is 14.7.